The van der Waals surface area contributed by atoms with Gasteiger partial charge in [0, 0.05) is 56.2 Å². The number of carbonyl (C=O) groups excluding carboxylic acids is 1. The van der Waals surface area contributed by atoms with Crippen LogP contribution in [0.25, 0.3) is 0 Å². The van der Waals surface area contributed by atoms with Gasteiger partial charge in [-0.15, -0.1) is 12.4 Å². The van der Waals surface area contributed by atoms with Crippen molar-refractivity contribution in [3.05, 3.63) is 34.3 Å². The number of nitrogens with zero attached hydrogens (tertiary/aromatic N) is 2. The first kappa shape index (κ1) is 18.7. The molecule has 23 heavy (non-hydrogen) atoms. The zero-order valence-electron chi connectivity index (χ0n) is 13.3. The van der Waals surface area contributed by atoms with E-state index in [0.717, 1.165) is 43.7 Å². The number of piperazine rings is 1. The molecule has 1 heterocycles. The Kier molecular flexibility index (Phi) is 7.34. The van der Waals surface area contributed by atoms with E-state index in [1.807, 2.05) is 4.90 Å². The molecule has 4 nitrogen and oxygen atoms in total. The van der Waals surface area contributed by atoms with Crippen LogP contribution >= 0.6 is 28.3 Å². The van der Waals surface area contributed by atoms with Gasteiger partial charge in [0.15, 0.2) is 0 Å². The lowest BCUT2D eigenvalue weighted by molar-refractivity contribution is -0.132. The van der Waals surface area contributed by atoms with Gasteiger partial charge in [-0.05, 0) is 30.5 Å². The SMILES string of the molecule is Cl.O=C(CCN(Cc1cccc(Br)c1)C1CC1)N1CCNCC1. The van der Waals surface area contributed by atoms with Gasteiger partial charge in [-0.3, -0.25) is 9.69 Å². The van der Waals surface area contributed by atoms with Gasteiger partial charge in [-0.25, -0.2) is 0 Å². The summed E-state index contributed by atoms with van der Waals surface area (Å²) in [4.78, 5) is 16.8. The van der Waals surface area contributed by atoms with Crippen LogP contribution in [0, 0.1) is 0 Å². The summed E-state index contributed by atoms with van der Waals surface area (Å²) in [7, 11) is 0. The Morgan fingerprint density at radius 1 is 1.30 bits per heavy atom. The minimum absolute atomic E-state index is 0. The molecule has 1 N–H and O–H groups in total. The number of amides is 1. The largest absolute Gasteiger partial charge is 0.340 e. The lowest BCUT2D eigenvalue weighted by atomic mass is 10.2. The molecule has 1 amide bonds. The van der Waals surface area contributed by atoms with E-state index in [2.05, 4.69) is 50.4 Å². The highest BCUT2D eigenvalue weighted by atomic mass is 79.9. The highest BCUT2D eigenvalue weighted by Gasteiger charge is 2.29. The third-order valence-electron chi connectivity index (χ3n) is 4.42. The highest BCUT2D eigenvalue weighted by Crippen LogP contribution is 2.29. The Hall–Kier alpha value is -0.620. The van der Waals surface area contributed by atoms with Crippen molar-refractivity contribution in [3.8, 4) is 0 Å². The Labute approximate surface area is 153 Å². The minimum atomic E-state index is 0. The first-order valence-corrected chi connectivity index (χ1v) is 8.98. The predicted molar refractivity (Wildman–Crippen MR) is 98.9 cm³/mol. The molecular formula is C17H25BrClN3O. The third-order valence-corrected chi connectivity index (χ3v) is 4.91. The van der Waals surface area contributed by atoms with Gasteiger partial charge in [0.05, 0.1) is 0 Å². The fraction of sp³-hybridized carbons (Fsp3) is 0.588. The van der Waals surface area contributed by atoms with Crippen LogP contribution in [0.5, 0.6) is 0 Å². The van der Waals surface area contributed by atoms with Crippen molar-refractivity contribution in [2.45, 2.75) is 31.8 Å². The molecule has 0 unspecified atom stereocenters. The second kappa shape index (κ2) is 9.02. The molecular weight excluding hydrogens is 378 g/mol. The molecule has 2 fully saturated rings. The van der Waals surface area contributed by atoms with Crippen LogP contribution in [-0.4, -0.2) is 54.5 Å². The standard InChI is InChI=1S/C17H24BrN3O.ClH/c18-15-3-1-2-14(12-15)13-21(16-4-5-16)9-6-17(22)20-10-7-19-8-11-20;/h1-3,12,16,19H,4-11,13H2;1H. The first-order chi connectivity index (χ1) is 10.7. The average molecular weight is 403 g/mol. The molecule has 1 saturated carbocycles. The number of benzene rings is 1. The van der Waals surface area contributed by atoms with Gasteiger partial charge in [-0.1, -0.05) is 28.1 Å². The van der Waals surface area contributed by atoms with Gasteiger partial charge < -0.3 is 10.2 Å². The maximum Gasteiger partial charge on any atom is 0.223 e. The minimum Gasteiger partial charge on any atom is -0.340 e. The molecule has 1 saturated heterocycles. The van der Waals surface area contributed by atoms with Crippen LogP contribution in [0.3, 0.4) is 0 Å². The number of carbonyl (C=O) groups is 1. The van der Waals surface area contributed by atoms with Crippen molar-refractivity contribution < 1.29 is 4.79 Å². The molecule has 128 valence electrons. The number of nitrogens with one attached hydrogen (secondary N) is 1. The van der Waals surface area contributed by atoms with E-state index in [4.69, 9.17) is 0 Å². The normalized spacial score (nSPS) is 17.9. The molecule has 3 rings (SSSR count). The lowest BCUT2D eigenvalue weighted by Gasteiger charge is -2.29. The summed E-state index contributed by atoms with van der Waals surface area (Å²) in [6.07, 6.45) is 3.19. The number of hydrogen-bond donors (Lipinski definition) is 1. The van der Waals surface area contributed by atoms with E-state index < -0.39 is 0 Å². The zero-order chi connectivity index (χ0) is 15.4. The van der Waals surface area contributed by atoms with Crippen molar-refractivity contribution in [1.29, 1.82) is 0 Å². The van der Waals surface area contributed by atoms with Crippen LogP contribution < -0.4 is 5.32 Å². The zero-order valence-corrected chi connectivity index (χ0v) is 15.7. The summed E-state index contributed by atoms with van der Waals surface area (Å²) in [6, 6.07) is 9.15. The fourth-order valence-electron chi connectivity index (χ4n) is 3.01. The number of hydrogen-bond acceptors (Lipinski definition) is 3. The van der Waals surface area contributed by atoms with Crippen molar-refractivity contribution >= 4 is 34.2 Å². The maximum absolute atomic E-state index is 12.3. The second-order valence-electron chi connectivity index (χ2n) is 6.21. The predicted octanol–water partition coefficient (Wildman–Crippen LogP) is 2.66. The quantitative estimate of drug-likeness (QED) is 0.794. The van der Waals surface area contributed by atoms with E-state index >= 15 is 0 Å². The first-order valence-electron chi connectivity index (χ1n) is 8.19. The molecule has 2 aliphatic rings. The summed E-state index contributed by atoms with van der Waals surface area (Å²) < 4.78 is 1.12. The van der Waals surface area contributed by atoms with E-state index in [-0.39, 0.29) is 12.4 Å². The Morgan fingerprint density at radius 3 is 2.70 bits per heavy atom. The fourth-order valence-corrected chi connectivity index (χ4v) is 3.46. The molecule has 0 atom stereocenters. The summed E-state index contributed by atoms with van der Waals surface area (Å²) >= 11 is 3.53. The molecule has 1 aliphatic carbocycles. The van der Waals surface area contributed by atoms with Gasteiger partial charge in [-0.2, -0.15) is 0 Å². The smallest absolute Gasteiger partial charge is 0.223 e. The van der Waals surface area contributed by atoms with E-state index in [1.54, 1.807) is 0 Å². The van der Waals surface area contributed by atoms with Crippen LogP contribution in [0.4, 0.5) is 0 Å². The van der Waals surface area contributed by atoms with Crippen LogP contribution in [0.2, 0.25) is 0 Å². The summed E-state index contributed by atoms with van der Waals surface area (Å²) in [5.41, 5.74) is 1.32. The summed E-state index contributed by atoms with van der Waals surface area (Å²) in [5.74, 6) is 0.307. The van der Waals surface area contributed by atoms with Crippen molar-refractivity contribution in [1.82, 2.24) is 15.1 Å². The molecule has 0 aromatic heterocycles. The molecule has 0 radical (unpaired) electrons. The van der Waals surface area contributed by atoms with Crippen molar-refractivity contribution in [2.24, 2.45) is 0 Å². The molecule has 0 spiro atoms. The topological polar surface area (TPSA) is 35.6 Å². The average Bonchev–Trinajstić information content (AvgIpc) is 3.37. The second-order valence-corrected chi connectivity index (χ2v) is 7.13. The third kappa shape index (κ3) is 5.75. The monoisotopic (exact) mass is 401 g/mol. The van der Waals surface area contributed by atoms with Gasteiger partial charge in [0.25, 0.3) is 0 Å². The van der Waals surface area contributed by atoms with Crippen molar-refractivity contribution in [3.63, 3.8) is 0 Å². The van der Waals surface area contributed by atoms with E-state index in [1.165, 1.54) is 18.4 Å². The maximum atomic E-state index is 12.3. The summed E-state index contributed by atoms with van der Waals surface area (Å²) in [5, 5.41) is 3.29. The highest BCUT2D eigenvalue weighted by molar-refractivity contribution is 9.10. The van der Waals surface area contributed by atoms with Crippen molar-refractivity contribution in [2.75, 3.05) is 32.7 Å². The molecule has 1 aromatic carbocycles. The van der Waals surface area contributed by atoms with Gasteiger partial charge >= 0.3 is 0 Å². The molecule has 1 aliphatic heterocycles. The summed E-state index contributed by atoms with van der Waals surface area (Å²) in [6.45, 7) is 5.38. The lowest BCUT2D eigenvalue weighted by Crippen LogP contribution is -2.47. The molecule has 0 bridgehead atoms. The molecule has 6 heteroatoms. The van der Waals surface area contributed by atoms with E-state index in [9.17, 15) is 4.79 Å². The number of halogens is 2. The number of rotatable bonds is 6. The van der Waals surface area contributed by atoms with Crippen LogP contribution in [0.1, 0.15) is 24.8 Å². The van der Waals surface area contributed by atoms with E-state index in [0.29, 0.717) is 18.4 Å². The van der Waals surface area contributed by atoms with Gasteiger partial charge in [0.2, 0.25) is 5.91 Å². The van der Waals surface area contributed by atoms with Crippen LogP contribution in [-0.2, 0) is 11.3 Å². The Bertz CT molecular complexity index is 518. The Balaban J connectivity index is 0.00000192. The molecule has 1 aromatic rings. The Morgan fingerprint density at radius 2 is 2.04 bits per heavy atom. The van der Waals surface area contributed by atoms with Gasteiger partial charge in [0.1, 0.15) is 0 Å². The van der Waals surface area contributed by atoms with Crippen LogP contribution in [0.15, 0.2) is 28.7 Å².